The van der Waals surface area contributed by atoms with Crippen LogP contribution in [0.5, 0.6) is 0 Å². The molecule has 0 aromatic heterocycles. The lowest BCUT2D eigenvalue weighted by molar-refractivity contribution is 0.289. The molecule has 0 unspecified atom stereocenters. The minimum Gasteiger partial charge on any atom is -0.0730 e. The molecule has 0 nitrogen and oxygen atoms in total. The second-order valence-electron chi connectivity index (χ2n) is 9.21. The van der Waals surface area contributed by atoms with Crippen LogP contribution in [0.1, 0.15) is 110 Å². The predicted octanol–water partition coefficient (Wildman–Crippen LogP) is 8.49. The Morgan fingerprint density at radius 3 is 1.48 bits per heavy atom. The van der Waals surface area contributed by atoms with Gasteiger partial charge in [-0.1, -0.05) is 82.8 Å². The summed E-state index contributed by atoms with van der Waals surface area (Å²) in [5.41, 5.74) is 0. The second kappa shape index (κ2) is 14.1. The first-order chi connectivity index (χ1) is 13.3. The topological polar surface area (TPSA) is 0 Å². The number of rotatable bonds is 9. The molecule has 0 spiro atoms. The molecule has 2 saturated carbocycles. The average molecular weight is 369 g/mol. The van der Waals surface area contributed by atoms with Gasteiger partial charge in [0.15, 0.2) is 0 Å². The predicted molar refractivity (Wildman–Crippen MR) is 121 cm³/mol. The Balaban J connectivity index is 1.57. The first kappa shape index (κ1) is 22.3. The summed E-state index contributed by atoms with van der Waals surface area (Å²) in [6, 6.07) is 0. The molecule has 0 heteroatoms. The van der Waals surface area contributed by atoms with Crippen molar-refractivity contribution in [3.05, 3.63) is 24.3 Å². The van der Waals surface area contributed by atoms with Crippen LogP contribution in [0.15, 0.2) is 24.3 Å². The van der Waals surface area contributed by atoms with E-state index >= 15 is 0 Å². The fourth-order valence-corrected chi connectivity index (χ4v) is 4.98. The van der Waals surface area contributed by atoms with Gasteiger partial charge >= 0.3 is 0 Å². The third-order valence-corrected chi connectivity index (χ3v) is 6.95. The maximum Gasteiger partial charge on any atom is -0.0153 e. The molecule has 152 valence electrons. The van der Waals surface area contributed by atoms with Gasteiger partial charge in [0.25, 0.3) is 0 Å². The Kier molecular flexibility index (Phi) is 11.7. The monoisotopic (exact) mass is 368 g/mol. The molecule has 2 fully saturated rings. The molecule has 0 atom stereocenters. The average Bonchev–Trinajstić information content (AvgIpc) is 2.71. The molecule has 0 amide bonds. The molecule has 0 radical (unpaired) electrons. The van der Waals surface area contributed by atoms with Crippen molar-refractivity contribution < 1.29 is 0 Å². The highest BCUT2D eigenvalue weighted by atomic mass is 14.2. The number of hydrogen-bond donors (Lipinski definition) is 0. The van der Waals surface area contributed by atoms with E-state index in [1.54, 1.807) is 0 Å². The van der Waals surface area contributed by atoms with E-state index in [0.29, 0.717) is 0 Å². The van der Waals surface area contributed by atoms with Crippen molar-refractivity contribution in [2.75, 3.05) is 0 Å². The van der Waals surface area contributed by atoms with Gasteiger partial charge in [0, 0.05) is 0 Å². The Labute approximate surface area is 170 Å². The van der Waals surface area contributed by atoms with Crippen molar-refractivity contribution in [1.82, 2.24) is 0 Å². The van der Waals surface area contributed by atoms with Gasteiger partial charge < -0.3 is 0 Å². The standard InChI is InChI=1S/C27H44/c1-3-5-9-13-25-20-22-27(23-21-25)15-11-8-7-10-14-26-18-16-24(17-19-26)12-6-4-2/h10-11,14-15,24-27H,3-6,9,12-13,16-23H2,1-2H3/t24-,25-,26-,27-. The summed E-state index contributed by atoms with van der Waals surface area (Å²) >= 11 is 0. The highest BCUT2D eigenvalue weighted by Gasteiger charge is 2.19. The minimum atomic E-state index is 0.782. The van der Waals surface area contributed by atoms with Crippen molar-refractivity contribution in [3.8, 4) is 11.8 Å². The van der Waals surface area contributed by atoms with Crippen molar-refractivity contribution in [3.63, 3.8) is 0 Å². The van der Waals surface area contributed by atoms with Crippen molar-refractivity contribution in [1.29, 1.82) is 0 Å². The van der Waals surface area contributed by atoms with Crippen LogP contribution in [0.25, 0.3) is 0 Å². The fraction of sp³-hybridized carbons (Fsp3) is 0.778. The molecular formula is C27H44. The normalized spacial score (nSPS) is 29.1. The molecule has 0 saturated heterocycles. The fourth-order valence-electron chi connectivity index (χ4n) is 4.98. The zero-order chi connectivity index (χ0) is 19.2. The lowest BCUT2D eigenvalue weighted by Gasteiger charge is -2.26. The molecule has 0 aliphatic heterocycles. The summed E-state index contributed by atoms with van der Waals surface area (Å²) in [6.07, 6.45) is 30.2. The van der Waals surface area contributed by atoms with E-state index < -0.39 is 0 Å². The number of allylic oxidation sites excluding steroid dienone is 4. The Hall–Kier alpha value is -0.960. The second-order valence-corrected chi connectivity index (χ2v) is 9.21. The molecule has 0 bridgehead atoms. The van der Waals surface area contributed by atoms with Crippen molar-refractivity contribution >= 4 is 0 Å². The van der Waals surface area contributed by atoms with Gasteiger partial charge in [-0.05, 0) is 87.2 Å². The molecule has 27 heavy (non-hydrogen) atoms. The first-order valence-electron chi connectivity index (χ1n) is 12.2. The molecule has 2 aliphatic rings. The summed E-state index contributed by atoms with van der Waals surface area (Å²) in [4.78, 5) is 0. The molecular weight excluding hydrogens is 324 g/mol. The van der Waals surface area contributed by atoms with E-state index in [0.717, 1.165) is 23.7 Å². The molecule has 0 heterocycles. The molecule has 2 aliphatic carbocycles. The summed E-state index contributed by atoms with van der Waals surface area (Å²) in [5.74, 6) is 10.1. The van der Waals surface area contributed by atoms with E-state index in [1.165, 1.54) is 96.3 Å². The zero-order valence-electron chi connectivity index (χ0n) is 18.2. The maximum absolute atomic E-state index is 3.24. The lowest BCUT2D eigenvalue weighted by Crippen LogP contribution is -2.13. The van der Waals surface area contributed by atoms with E-state index in [9.17, 15) is 0 Å². The molecule has 2 rings (SSSR count). The van der Waals surface area contributed by atoms with E-state index in [-0.39, 0.29) is 0 Å². The van der Waals surface area contributed by atoms with Crippen LogP contribution >= 0.6 is 0 Å². The van der Waals surface area contributed by atoms with Crippen molar-refractivity contribution in [2.45, 2.75) is 110 Å². The lowest BCUT2D eigenvalue weighted by atomic mass is 9.79. The molecule has 0 aromatic carbocycles. The molecule has 0 N–H and O–H groups in total. The Morgan fingerprint density at radius 2 is 1.04 bits per heavy atom. The van der Waals surface area contributed by atoms with E-state index in [2.05, 4.69) is 50.0 Å². The number of unbranched alkanes of at least 4 members (excludes halogenated alkanes) is 3. The summed E-state index contributed by atoms with van der Waals surface area (Å²) in [7, 11) is 0. The Morgan fingerprint density at radius 1 is 0.593 bits per heavy atom. The van der Waals surface area contributed by atoms with Gasteiger partial charge in [-0.2, -0.15) is 0 Å². The van der Waals surface area contributed by atoms with Gasteiger partial charge in [-0.25, -0.2) is 0 Å². The van der Waals surface area contributed by atoms with Gasteiger partial charge in [0.2, 0.25) is 0 Å². The van der Waals surface area contributed by atoms with Crippen molar-refractivity contribution in [2.24, 2.45) is 23.7 Å². The van der Waals surface area contributed by atoms with Gasteiger partial charge in [-0.3, -0.25) is 0 Å². The zero-order valence-corrected chi connectivity index (χ0v) is 18.2. The Bertz CT molecular complexity index is 470. The minimum absolute atomic E-state index is 0.782. The SMILES string of the molecule is CCCCC[C@H]1CC[C@H](C=CC#CC=C[C@H]2CC[C@H](CCCC)CC2)CC1. The van der Waals surface area contributed by atoms with Crippen LogP contribution in [0.3, 0.4) is 0 Å². The highest BCUT2D eigenvalue weighted by molar-refractivity contribution is 5.24. The summed E-state index contributed by atoms with van der Waals surface area (Å²) in [5, 5.41) is 0. The van der Waals surface area contributed by atoms with Crippen LogP contribution in [-0.2, 0) is 0 Å². The quantitative estimate of drug-likeness (QED) is 0.283. The van der Waals surface area contributed by atoms with Crippen LogP contribution in [0.4, 0.5) is 0 Å². The van der Waals surface area contributed by atoms with Crippen LogP contribution in [0, 0.1) is 35.5 Å². The summed E-state index contributed by atoms with van der Waals surface area (Å²) < 4.78 is 0. The van der Waals surface area contributed by atoms with Crippen LogP contribution in [-0.4, -0.2) is 0 Å². The van der Waals surface area contributed by atoms with Crippen LogP contribution in [0.2, 0.25) is 0 Å². The number of hydrogen-bond acceptors (Lipinski definition) is 0. The van der Waals surface area contributed by atoms with Crippen LogP contribution < -0.4 is 0 Å². The van der Waals surface area contributed by atoms with E-state index in [4.69, 9.17) is 0 Å². The van der Waals surface area contributed by atoms with E-state index in [1.807, 2.05) is 0 Å². The third-order valence-electron chi connectivity index (χ3n) is 6.95. The first-order valence-corrected chi connectivity index (χ1v) is 12.2. The highest BCUT2D eigenvalue weighted by Crippen LogP contribution is 2.33. The van der Waals surface area contributed by atoms with Gasteiger partial charge in [0.05, 0.1) is 0 Å². The third kappa shape index (κ3) is 9.69. The summed E-state index contributed by atoms with van der Waals surface area (Å²) in [6.45, 7) is 4.61. The molecule has 0 aromatic rings. The van der Waals surface area contributed by atoms with Gasteiger partial charge in [0.1, 0.15) is 0 Å². The maximum atomic E-state index is 3.24. The smallest absolute Gasteiger partial charge is 0.0153 e. The van der Waals surface area contributed by atoms with Gasteiger partial charge in [-0.15, -0.1) is 0 Å². The largest absolute Gasteiger partial charge is 0.0730 e.